The Balaban J connectivity index is 2.29. The van der Waals surface area contributed by atoms with Crippen LogP contribution in [0.1, 0.15) is 12.8 Å². The smallest absolute Gasteiger partial charge is 0.223 e. The average Bonchev–Trinajstić information content (AvgIpc) is 2.32. The Morgan fingerprint density at radius 2 is 2.31 bits per heavy atom. The Morgan fingerprint density at radius 1 is 1.54 bits per heavy atom. The molecule has 13 heavy (non-hydrogen) atoms. The number of rotatable bonds is 2. The van der Waals surface area contributed by atoms with Crippen molar-refractivity contribution in [1.82, 2.24) is 10.2 Å². The normalized spacial score (nSPS) is 23.7. The molecule has 1 unspecified atom stereocenters. The van der Waals surface area contributed by atoms with Gasteiger partial charge in [0, 0.05) is 39.7 Å². The molecule has 0 spiro atoms. The molecule has 1 rings (SSSR count). The van der Waals surface area contributed by atoms with Gasteiger partial charge in [0.1, 0.15) is 0 Å². The van der Waals surface area contributed by atoms with Gasteiger partial charge in [-0.05, 0) is 6.42 Å². The van der Waals surface area contributed by atoms with E-state index in [-0.39, 0.29) is 11.9 Å². The first-order valence-electron chi connectivity index (χ1n) is 4.71. The van der Waals surface area contributed by atoms with Crippen LogP contribution in [0.5, 0.6) is 0 Å². The summed E-state index contributed by atoms with van der Waals surface area (Å²) in [6.07, 6.45) is 1.51. The summed E-state index contributed by atoms with van der Waals surface area (Å²) in [5, 5.41) is 3.29. The van der Waals surface area contributed by atoms with Gasteiger partial charge in [-0.3, -0.25) is 4.79 Å². The summed E-state index contributed by atoms with van der Waals surface area (Å²) in [4.78, 5) is 13.0. The first-order chi connectivity index (χ1) is 6.20. The van der Waals surface area contributed by atoms with E-state index >= 15 is 0 Å². The highest BCUT2D eigenvalue weighted by Gasteiger charge is 2.16. The van der Waals surface area contributed by atoms with E-state index in [1.165, 1.54) is 0 Å². The number of nitrogens with one attached hydrogen (secondary N) is 1. The molecule has 4 nitrogen and oxygen atoms in total. The molecule has 4 heteroatoms. The molecule has 0 aliphatic carbocycles. The SMILES string of the molecule is CN(C)C(=O)CC1CCOCCN1. The number of hydrogen-bond acceptors (Lipinski definition) is 3. The number of ether oxygens (including phenoxy) is 1. The van der Waals surface area contributed by atoms with Crippen molar-refractivity contribution in [3.63, 3.8) is 0 Å². The van der Waals surface area contributed by atoms with E-state index in [4.69, 9.17) is 4.74 Å². The van der Waals surface area contributed by atoms with Crippen LogP contribution in [0.25, 0.3) is 0 Å². The third-order valence-electron chi connectivity index (χ3n) is 2.21. The fourth-order valence-corrected chi connectivity index (χ4v) is 1.33. The summed E-state index contributed by atoms with van der Waals surface area (Å²) in [5.74, 6) is 0.180. The van der Waals surface area contributed by atoms with Gasteiger partial charge < -0.3 is 15.0 Å². The molecule has 0 aromatic heterocycles. The van der Waals surface area contributed by atoms with Crippen molar-refractivity contribution in [1.29, 1.82) is 0 Å². The molecule has 1 aliphatic heterocycles. The van der Waals surface area contributed by atoms with Crippen LogP contribution < -0.4 is 5.32 Å². The molecule has 0 bridgehead atoms. The van der Waals surface area contributed by atoms with Gasteiger partial charge in [-0.25, -0.2) is 0 Å². The van der Waals surface area contributed by atoms with E-state index in [2.05, 4.69) is 5.32 Å². The lowest BCUT2D eigenvalue weighted by Gasteiger charge is -2.17. The van der Waals surface area contributed by atoms with Gasteiger partial charge >= 0.3 is 0 Å². The number of carbonyl (C=O) groups excluding carboxylic acids is 1. The predicted molar refractivity (Wildman–Crippen MR) is 50.5 cm³/mol. The van der Waals surface area contributed by atoms with Crippen LogP contribution in [0, 0.1) is 0 Å². The molecule has 1 atom stereocenters. The van der Waals surface area contributed by atoms with Crippen LogP contribution in [-0.2, 0) is 9.53 Å². The van der Waals surface area contributed by atoms with Crippen LogP contribution in [0.4, 0.5) is 0 Å². The van der Waals surface area contributed by atoms with E-state index in [1.54, 1.807) is 19.0 Å². The zero-order valence-electron chi connectivity index (χ0n) is 8.38. The quantitative estimate of drug-likeness (QED) is 0.651. The van der Waals surface area contributed by atoms with Crippen molar-refractivity contribution < 1.29 is 9.53 Å². The lowest BCUT2D eigenvalue weighted by Crippen LogP contribution is -2.35. The second-order valence-electron chi connectivity index (χ2n) is 3.54. The van der Waals surface area contributed by atoms with Gasteiger partial charge in [0.2, 0.25) is 5.91 Å². The Morgan fingerprint density at radius 3 is 3.00 bits per heavy atom. The maximum Gasteiger partial charge on any atom is 0.223 e. The summed E-state index contributed by atoms with van der Waals surface area (Å²) >= 11 is 0. The lowest BCUT2D eigenvalue weighted by atomic mass is 10.1. The van der Waals surface area contributed by atoms with Gasteiger partial charge in [-0.2, -0.15) is 0 Å². The van der Waals surface area contributed by atoms with Gasteiger partial charge in [-0.1, -0.05) is 0 Å². The molecule has 1 saturated heterocycles. The number of carbonyl (C=O) groups is 1. The van der Waals surface area contributed by atoms with Crippen molar-refractivity contribution in [2.24, 2.45) is 0 Å². The highest BCUT2D eigenvalue weighted by Crippen LogP contribution is 2.03. The Labute approximate surface area is 79.2 Å². The van der Waals surface area contributed by atoms with Gasteiger partial charge in [0.15, 0.2) is 0 Å². The number of amides is 1. The molecule has 1 N–H and O–H groups in total. The highest BCUT2D eigenvalue weighted by atomic mass is 16.5. The molecule has 0 saturated carbocycles. The van der Waals surface area contributed by atoms with Crippen LogP contribution in [0.15, 0.2) is 0 Å². The average molecular weight is 186 g/mol. The molecule has 0 aromatic rings. The Hall–Kier alpha value is -0.610. The van der Waals surface area contributed by atoms with Crippen molar-refractivity contribution in [2.75, 3.05) is 33.9 Å². The highest BCUT2D eigenvalue weighted by molar-refractivity contribution is 5.76. The van der Waals surface area contributed by atoms with Crippen LogP contribution >= 0.6 is 0 Å². The van der Waals surface area contributed by atoms with Crippen LogP contribution in [-0.4, -0.2) is 50.7 Å². The zero-order chi connectivity index (χ0) is 9.68. The van der Waals surface area contributed by atoms with E-state index in [0.717, 1.165) is 26.2 Å². The van der Waals surface area contributed by atoms with E-state index in [1.807, 2.05) is 0 Å². The fraction of sp³-hybridized carbons (Fsp3) is 0.889. The number of hydrogen-bond donors (Lipinski definition) is 1. The van der Waals surface area contributed by atoms with Crippen molar-refractivity contribution in [3.8, 4) is 0 Å². The minimum Gasteiger partial charge on any atom is -0.380 e. The van der Waals surface area contributed by atoms with E-state index in [0.29, 0.717) is 6.42 Å². The minimum atomic E-state index is 0.180. The van der Waals surface area contributed by atoms with Crippen LogP contribution in [0.2, 0.25) is 0 Å². The topological polar surface area (TPSA) is 41.6 Å². The lowest BCUT2D eigenvalue weighted by molar-refractivity contribution is -0.129. The first kappa shape index (κ1) is 10.5. The molecular formula is C9H18N2O2. The van der Waals surface area contributed by atoms with Gasteiger partial charge in [0.25, 0.3) is 0 Å². The third-order valence-corrected chi connectivity index (χ3v) is 2.21. The molecule has 0 aromatic carbocycles. The summed E-state index contributed by atoms with van der Waals surface area (Å²) < 4.78 is 5.28. The van der Waals surface area contributed by atoms with E-state index in [9.17, 15) is 4.79 Å². The zero-order valence-corrected chi connectivity index (χ0v) is 8.38. The van der Waals surface area contributed by atoms with E-state index < -0.39 is 0 Å². The predicted octanol–water partition coefficient (Wildman–Crippen LogP) is -0.157. The fourth-order valence-electron chi connectivity index (χ4n) is 1.33. The maximum atomic E-state index is 11.4. The summed E-state index contributed by atoms with van der Waals surface area (Å²) in [6, 6.07) is 0.289. The third kappa shape index (κ3) is 3.74. The van der Waals surface area contributed by atoms with Gasteiger partial charge in [-0.15, -0.1) is 0 Å². The number of nitrogens with zero attached hydrogens (tertiary/aromatic N) is 1. The van der Waals surface area contributed by atoms with Crippen molar-refractivity contribution in [2.45, 2.75) is 18.9 Å². The first-order valence-corrected chi connectivity index (χ1v) is 4.71. The second kappa shape index (κ2) is 5.19. The molecule has 1 amide bonds. The standard InChI is InChI=1S/C9H18N2O2/c1-11(2)9(12)7-8-3-5-13-6-4-10-8/h8,10H,3-7H2,1-2H3. The maximum absolute atomic E-state index is 11.4. The Bertz CT molecular complexity index is 163. The molecule has 0 radical (unpaired) electrons. The molecule has 1 aliphatic rings. The molecular weight excluding hydrogens is 168 g/mol. The minimum absolute atomic E-state index is 0.180. The second-order valence-corrected chi connectivity index (χ2v) is 3.54. The summed E-state index contributed by atoms with van der Waals surface area (Å²) in [6.45, 7) is 2.37. The molecule has 76 valence electrons. The molecule has 1 heterocycles. The Kier molecular flexibility index (Phi) is 4.18. The van der Waals surface area contributed by atoms with Crippen LogP contribution in [0.3, 0.4) is 0 Å². The molecule has 1 fully saturated rings. The largest absolute Gasteiger partial charge is 0.380 e. The summed E-state index contributed by atoms with van der Waals surface area (Å²) in [5.41, 5.74) is 0. The van der Waals surface area contributed by atoms with Crippen molar-refractivity contribution >= 4 is 5.91 Å². The summed E-state index contributed by atoms with van der Waals surface area (Å²) in [7, 11) is 3.57. The monoisotopic (exact) mass is 186 g/mol. The van der Waals surface area contributed by atoms with Crippen molar-refractivity contribution in [3.05, 3.63) is 0 Å². The van der Waals surface area contributed by atoms with Gasteiger partial charge in [0.05, 0.1) is 6.61 Å².